The number of nitrogens with zero attached hydrogens (tertiary/aromatic N) is 1. The molecule has 1 aromatic rings. The van der Waals surface area contributed by atoms with E-state index < -0.39 is 6.09 Å². The molecule has 0 aliphatic carbocycles. The van der Waals surface area contributed by atoms with Crippen LogP contribution in [0, 0.1) is 0 Å². The monoisotopic (exact) mass is 260 g/mol. The fourth-order valence-corrected chi connectivity index (χ4v) is 1.07. The molecule has 1 rings (SSSR count). The van der Waals surface area contributed by atoms with Gasteiger partial charge in [0.05, 0.1) is 7.11 Å². The molecule has 0 saturated heterocycles. The van der Waals surface area contributed by atoms with Crippen LogP contribution in [0.5, 0.6) is 11.6 Å². The Balaban J connectivity index is 2.93. The van der Waals surface area contributed by atoms with E-state index in [9.17, 15) is 4.79 Å². The molecule has 0 radical (unpaired) electrons. The second-order valence-electron chi connectivity index (χ2n) is 2.28. The third-order valence-corrected chi connectivity index (χ3v) is 1.85. The van der Waals surface area contributed by atoms with Gasteiger partial charge in [-0.15, -0.1) is 0 Å². The molecule has 6 heteroatoms. The van der Waals surface area contributed by atoms with Gasteiger partial charge in [-0.05, 0) is 28.1 Å². The van der Waals surface area contributed by atoms with Crippen molar-refractivity contribution >= 4 is 22.0 Å². The standard InChI is InChI=1S/C8H9BrN2O3/c1-10-8(12)14-7-5(13-2)3-4-6(9)11-7/h3-4H,1-2H3,(H,10,12). The molecule has 1 aromatic heterocycles. The highest BCUT2D eigenvalue weighted by Crippen LogP contribution is 2.26. The normalized spacial score (nSPS) is 9.36. The van der Waals surface area contributed by atoms with Gasteiger partial charge in [0.25, 0.3) is 5.88 Å². The Hall–Kier alpha value is -1.30. The van der Waals surface area contributed by atoms with Gasteiger partial charge in [0.15, 0.2) is 5.75 Å². The van der Waals surface area contributed by atoms with E-state index in [-0.39, 0.29) is 5.88 Å². The Kier molecular flexibility index (Phi) is 3.70. The summed E-state index contributed by atoms with van der Waals surface area (Å²) in [5, 5.41) is 2.31. The highest BCUT2D eigenvalue weighted by Gasteiger charge is 2.10. The zero-order valence-electron chi connectivity index (χ0n) is 7.70. The highest BCUT2D eigenvalue weighted by molar-refractivity contribution is 9.10. The van der Waals surface area contributed by atoms with E-state index in [4.69, 9.17) is 9.47 Å². The van der Waals surface area contributed by atoms with Crippen LogP contribution < -0.4 is 14.8 Å². The Morgan fingerprint density at radius 3 is 2.86 bits per heavy atom. The molecule has 5 nitrogen and oxygen atoms in total. The number of carbonyl (C=O) groups is 1. The average molecular weight is 261 g/mol. The number of ether oxygens (including phenoxy) is 2. The second kappa shape index (κ2) is 4.80. The Bertz CT molecular complexity index is 343. The molecule has 1 heterocycles. The van der Waals surface area contributed by atoms with Crippen molar-refractivity contribution in [2.45, 2.75) is 0 Å². The lowest BCUT2D eigenvalue weighted by Gasteiger charge is -2.07. The van der Waals surface area contributed by atoms with E-state index in [0.717, 1.165) is 0 Å². The van der Waals surface area contributed by atoms with Crippen molar-refractivity contribution in [1.82, 2.24) is 10.3 Å². The number of aromatic nitrogens is 1. The van der Waals surface area contributed by atoms with E-state index in [1.807, 2.05) is 0 Å². The lowest BCUT2D eigenvalue weighted by atomic mass is 10.4. The van der Waals surface area contributed by atoms with E-state index in [0.29, 0.717) is 10.4 Å². The third-order valence-electron chi connectivity index (χ3n) is 1.40. The van der Waals surface area contributed by atoms with Gasteiger partial charge in [-0.25, -0.2) is 9.78 Å². The average Bonchev–Trinajstić information content (AvgIpc) is 2.18. The van der Waals surface area contributed by atoms with E-state index in [1.54, 1.807) is 12.1 Å². The third kappa shape index (κ3) is 2.59. The van der Waals surface area contributed by atoms with Gasteiger partial charge in [-0.2, -0.15) is 0 Å². The number of amides is 1. The lowest BCUT2D eigenvalue weighted by Crippen LogP contribution is -2.22. The first-order valence-electron chi connectivity index (χ1n) is 3.77. The fourth-order valence-electron chi connectivity index (χ4n) is 0.772. The van der Waals surface area contributed by atoms with Crippen molar-refractivity contribution < 1.29 is 14.3 Å². The molecule has 0 atom stereocenters. The number of methoxy groups -OCH3 is 1. The van der Waals surface area contributed by atoms with Gasteiger partial charge in [0.1, 0.15) is 4.60 Å². The van der Waals surface area contributed by atoms with Crippen molar-refractivity contribution in [3.8, 4) is 11.6 Å². The quantitative estimate of drug-likeness (QED) is 0.821. The number of hydrogen-bond acceptors (Lipinski definition) is 4. The predicted octanol–water partition coefficient (Wildman–Crippen LogP) is 1.57. The van der Waals surface area contributed by atoms with Gasteiger partial charge in [0.2, 0.25) is 0 Å². The molecule has 0 aliphatic heterocycles. The Morgan fingerprint density at radius 2 is 2.29 bits per heavy atom. The molecule has 0 aromatic carbocycles. The maximum atomic E-state index is 10.9. The van der Waals surface area contributed by atoms with Crippen molar-refractivity contribution in [2.24, 2.45) is 0 Å². The van der Waals surface area contributed by atoms with Crippen LogP contribution in [0.15, 0.2) is 16.7 Å². The Labute approximate surface area is 89.6 Å². The van der Waals surface area contributed by atoms with Crippen molar-refractivity contribution in [2.75, 3.05) is 14.2 Å². The predicted molar refractivity (Wildman–Crippen MR) is 53.6 cm³/mol. The molecule has 76 valence electrons. The lowest BCUT2D eigenvalue weighted by molar-refractivity contribution is 0.198. The minimum absolute atomic E-state index is 0.126. The first kappa shape index (κ1) is 10.8. The number of pyridine rings is 1. The summed E-state index contributed by atoms with van der Waals surface area (Å²) in [6.45, 7) is 0. The number of rotatable bonds is 2. The zero-order valence-corrected chi connectivity index (χ0v) is 9.29. The minimum Gasteiger partial charge on any atom is -0.491 e. The SMILES string of the molecule is CNC(=O)Oc1nc(Br)ccc1OC. The van der Waals surface area contributed by atoms with Gasteiger partial charge in [-0.3, -0.25) is 0 Å². The number of carbonyl (C=O) groups excluding carboxylic acids is 1. The van der Waals surface area contributed by atoms with Crippen LogP contribution in [0.1, 0.15) is 0 Å². The van der Waals surface area contributed by atoms with E-state index >= 15 is 0 Å². The minimum atomic E-state index is -0.589. The molecule has 0 spiro atoms. The molecule has 0 fully saturated rings. The summed E-state index contributed by atoms with van der Waals surface area (Å²) in [6, 6.07) is 3.34. The van der Waals surface area contributed by atoms with Gasteiger partial charge in [-0.1, -0.05) is 0 Å². The number of nitrogens with one attached hydrogen (secondary N) is 1. The second-order valence-corrected chi connectivity index (χ2v) is 3.09. The maximum Gasteiger partial charge on any atom is 0.413 e. The van der Waals surface area contributed by atoms with Crippen LogP contribution in [0.25, 0.3) is 0 Å². The van der Waals surface area contributed by atoms with Crippen molar-refractivity contribution in [3.63, 3.8) is 0 Å². The summed E-state index contributed by atoms with van der Waals surface area (Å²) >= 11 is 3.16. The van der Waals surface area contributed by atoms with Crippen LogP contribution >= 0.6 is 15.9 Å². The number of hydrogen-bond donors (Lipinski definition) is 1. The molecule has 0 saturated carbocycles. The topological polar surface area (TPSA) is 60.5 Å². The van der Waals surface area contributed by atoms with Gasteiger partial charge >= 0.3 is 6.09 Å². The number of halogens is 1. The summed E-state index contributed by atoms with van der Waals surface area (Å²) in [4.78, 5) is 14.9. The van der Waals surface area contributed by atoms with Crippen LogP contribution in [0.4, 0.5) is 4.79 Å². The van der Waals surface area contributed by atoms with Crippen LogP contribution in [0.3, 0.4) is 0 Å². The Morgan fingerprint density at radius 1 is 1.57 bits per heavy atom. The molecular weight excluding hydrogens is 252 g/mol. The summed E-state index contributed by atoms with van der Waals surface area (Å²) in [5.74, 6) is 0.526. The van der Waals surface area contributed by atoms with E-state index in [2.05, 4.69) is 26.2 Å². The summed E-state index contributed by atoms with van der Waals surface area (Å²) in [7, 11) is 2.94. The highest BCUT2D eigenvalue weighted by atomic mass is 79.9. The van der Waals surface area contributed by atoms with Crippen LogP contribution in [-0.4, -0.2) is 25.2 Å². The summed E-state index contributed by atoms with van der Waals surface area (Å²) in [5.41, 5.74) is 0. The van der Waals surface area contributed by atoms with Gasteiger partial charge < -0.3 is 14.8 Å². The first-order valence-corrected chi connectivity index (χ1v) is 4.56. The largest absolute Gasteiger partial charge is 0.491 e. The van der Waals surface area contributed by atoms with E-state index in [1.165, 1.54) is 14.2 Å². The fraction of sp³-hybridized carbons (Fsp3) is 0.250. The van der Waals surface area contributed by atoms with Gasteiger partial charge in [0, 0.05) is 7.05 Å². The van der Waals surface area contributed by atoms with Crippen molar-refractivity contribution in [3.05, 3.63) is 16.7 Å². The van der Waals surface area contributed by atoms with Crippen LogP contribution in [0.2, 0.25) is 0 Å². The van der Waals surface area contributed by atoms with Crippen molar-refractivity contribution in [1.29, 1.82) is 0 Å². The van der Waals surface area contributed by atoms with Crippen LogP contribution in [-0.2, 0) is 0 Å². The first-order chi connectivity index (χ1) is 6.67. The molecule has 0 aliphatic rings. The zero-order chi connectivity index (χ0) is 10.6. The molecule has 0 unspecified atom stereocenters. The molecule has 1 amide bonds. The maximum absolute atomic E-state index is 10.9. The smallest absolute Gasteiger partial charge is 0.413 e. The molecule has 0 bridgehead atoms. The summed E-state index contributed by atoms with van der Waals surface area (Å²) in [6.07, 6.45) is -0.589. The summed E-state index contributed by atoms with van der Waals surface area (Å²) < 4.78 is 10.4. The molecule has 1 N–H and O–H groups in total. The molecule has 14 heavy (non-hydrogen) atoms. The molecular formula is C8H9BrN2O3.